The number of aromatic nitrogens is 1. The van der Waals surface area contributed by atoms with Crippen molar-refractivity contribution in [3.8, 4) is 0 Å². The fraction of sp³-hybridized carbons (Fsp3) is 0.412. The zero-order chi connectivity index (χ0) is 16.6. The molecule has 1 aromatic carbocycles. The van der Waals surface area contributed by atoms with E-state index in [-0.39, 0.29) is 6.04 Å². The molecule has 6 nitrogen and oxygen atoms in total. The van der Waals surface area contributed by atoms with Crippen LogP contribution in [0.15, 0.2) is 24.4 Å². The summed E-state index contributed by atoms with van der Waals surface area (Å²) in [5, 5.41) is 19.2. The van der Waals surface area contributed by atoms with Gasteiger partial charge >= 0.3 is 11.9 Å². The zero-order valence-electron chi connectivity index (χ0n) is 13.0. The maximum atomic E-state index is 11.1. The fourth-order valence-electron chi connectivity index (χ4n) is 3.05. The molecular weight excluding hydrogens is 296 g/mol. The summed E-state index contributed by atoms with van der Waals surface area (Å²) in [4.78, 5) is 27.2. The predicted molar refractivity (Wildman–Crippen MR) is 85.3 cm³/mol. The second-order valence-electron chi connectivity index (χ2n) is 6.25. The van der Waals surface area contributed by atoms with Gasteiger partial charge in [-0.05, 0) is 36.1 Å². The van der Waals surface area contributed by atoms with Gasteiger partial charge in [-0.2, -0.15) is 0 Å². The van der Waals surface area contributed by atoms with Gasteiger partial charge in [-0.3, -0.25) is 14.5 Å². The first kappa shape index (κ1) is 15.6. The van der Waals surface area contributed by atoms with Crippen molar-refractivity contribution in [1.82, 2.24) is 9.88 Å². The minimum Gasteiger partial charge on any atom is -0.481 e. The number of rotatable bonds is 6. The van der Waals surface area contributed by atoms with Crippen LogP contribution in [0.3, 0.4) is 0 Å². The van der Waals surface area contributed by atoms with Gasteiger partial charge in [0.15, 0.2) is 0 Å². The lowest BCUT2D eigenvalue weighted by atomic mass is 9.98. The number of aromatic amines is 1. The fourth-order valence-corrected chi connectivity index (χ4v) is 3.05. The van der Waals surface area contributed by atoms with E-state index < -0.39 is 17.9 Å². The lowest BCUT2D eigenvalue weighted by Crippen LogP contribution is -2.51. The van der Waals surface area contributed by atoms with E-state index in [1.807, 2.05) is 29.3 Å². The summed E-state index contributed by atoms with van der Waals surface area (Å²) in [5.41, 5.74) is 3.00. The van der Waals surface area contributed by atoms with E-state index in [0.717, 1.165) is 28.6 Å². The first-order chi connectivity index (χ1) is 11.0. The molecule has 2 heterocycles. The van der Waals surface area contributed by atoms with E-state index in [1.54, 1.807) is 6.92 Å². The number of nitrogens with one attached hydrogen (secondary N) is 1. The number of hydrogen-bond donors (Lipinski definition) is 3. The van der Waals surface area contributed by atoms with E-state index >= 15 is 0 Å². The molecule has 0 aliphatic carbocycles. The van der Waals surface area contributed by atoms with Crippen LogP contribution in [0.5, 0.6) is 0 Å². The third-order valence-electron chi connectivity index (χ3n) is 4.58. The second-order valence-corrected chi connectivity index (χ2v) is 6.25. The number of fused-ring (bicyclic) bond motifs is 1. The quantitative estimate of drug-likeness (QED) is 0.759. The van der Waals surface area contributed by atoms with Crippen molar-refractivity contribution >= 4 is 22.8 Å². The molecule has 122 valence electrons. The molecule has 0 saturated carbocycles. The molecule has 3 N–H and O–H groups in total. The number of carbonyl (C=O) groups is 2. The second kappa shape index (κ2) is 6.04. The average Bonchev–Trinajstić information content (AvgIpc) is 2.85. The third-order valence-corrected chi connectivity index (χ3v) is 4.58. The zero-order valence-corrected chi connectivity index (χ0v) is 13.0. The molecule has 3 rings (SSSR count). The van der Waals surface area contributed by atoms with E-state index in [4.69, 9.17) is 10.2 Å². The summed E-state index contributed by atoms with van der Waals surface area (Å²) in [7, 11) is 0. The van der Waals surface area contributed by atoms with Crippen LogP contribution in [-0.2, 0) is 22.6 Å². The highest BCUT2D eigenvalue weighted by molar-refractivity contribution is 5.84. The number of nitrogens with zero attached hydrogens (tertiary/aromatic N) is 1. The summed E-state index contributed by atoms with van der Waals surface area (Å²) in [6, 6.07) is 5.60. The minimum atomic E-state index is -0.805. The first-order valence-electron chi connectivity index (χ1n) is 7.74. The van der Waals surface area contributed by atoms with Gasteiger partial charge < -0.3 is 15.2 Å². The Bertz CT molecular complexity index is 752. The summed E-state index contributed by atoms with van der Waals surface area (Å²) in [6.45, 7) is 3.10. The van der Waals surface area contributed by atoms with Crippen molar-refractivity contribution in [2.75, 3.05) is 6.54 Å². The molecule has 1 aromatic heterocycles. The maximum absolute atomic E-state index is 11.1. The van der Waals surface area contributed by atoms with Crippen LogP contribution >= 0.6 is 0 Å². The van der Waals surface area contributed by atoms with Crippen molar-refractivity contribution in [2.45, 2.75) is 32.4 Å². The molecule has 1 fully saturated rings. The molecule has 1 aliphatic heterocycles. The van der Waals surface area contributed by atoms with Gasteiger partial charge in [-0.15, -0.1) is 0 Å². The number of hydrogen-bond acceptors (Lipinski definition) is 3. The largest absolute Gasteiger partial charge is 0.481 e. The van der Waals surface area contributed by atoms with Crippen LogP contribution < -0.4 is 0 Å². The highest BCUT2D eigenvalue weighted by Gasteiger charge is 2.33. The maximum Gasteiger partial charge on any atom is 0.320 e. The monoisotopic (exact) mass is 316 g/mol. The highest BCUT2D eigenvalue weighted by Crippen LogP contribution is 2.25. The van der Waals surface area contributed by atoms with Gasteiger partial charge in [0.25, 0.3) is 0 Å². The Labute approximate surface area is 133 Å². The van der Waals surface area contributed by atoms with Crippen LogP contribution in [0.25, 0.3) is 10.9 Å². The van der Waals surface area contributed by atoms with E-state index in [9.17, 15) is 9.59 Å². The lowest BCUT2D eigenvalue weighted by Gasteiger charge is -2.37. The Kier molecular flexibility index (Phi) is 4.09. The minimum absolute atomic E-state index is 0.386. The summed E-state index contributed by atoms with van der Waals surface area (Å²) in [6.07, 6.45) is 3.03. The molecule has 0 radical (unpaired) electrons. The van der Waals surface area contributed by atoms with E-state index in [1.165, 1.54) is 0 Å². The topological polar surface area (TPSA) is 93.6 Å². The van der Waals surface area contributed by atoms with Gasteiger partial charge in [0.1, 0.15) is 6.04 Å². The predicted octanol–water partition coefficient (Wildman–Crippen LogP) is 2.09. The normalized spacial score (nSPS) is 19.4. The number of benzene rings is 1. The summed E-state index contributed by atoms with van der Waals surface area (Å²) >= 11 is 0. The molecule has 1 saturated heterocycles. The molecule has 2 aromatic rings. The Hall–Kier alpha value is -2.34. The standard InChI is InChI=1S/C17H20N2O4/c1-10(16(20)21)6-12-8-18-14-3-2-11(7-13(12)14)9-19-5-4-15(19)17(22)23/h2-3,7-8,10,15,18H,4-6,9H2,1H3,(H,20,21)(H,22,23)/t10-,15?/m0/s1. The van der Waals surface area contributed by atoms with Crippen LogP contribution in [0.1, 0.15) is 24.5 Å². The van der Waals surface area contributed by atoms with Crippen molar-refractivity contribution in [1.29, 1.82) is 0 Å². The van der Waals surface area contributed by atoms with Crippen molar-refractivity contribution in [3.63, 3.8) is 0 Å². The van der Waals surface area contributed by atoms with Gasteiger partial charge in [0.2, 0.25) is 0 Å². The summed E-state index contributed by atoms with van der Waals surface area (Å²) < 4.78 is 0. The average molecular weight is 316 g/mol. The SMILES string of the molecule is C[C@@H](Cc1c[nH]c2ccc(CN3CCC3C(=O)O)cc12)C(=O)O. The Morgan fingerprint density at radius 2 is 2.17 bits per heavy atom. The van der Waals surface area contributed by atoms with Crippen LogP contribution in [0.4, 0.5) is 0 Å². The number of H-pyrrole nitrogens is 1. The first-order valence-corrected chi connectivity index (χ1v) is 7.74. The van der Waals surface area contributed by atoms with Gasteiger partial charge in [0.05, 0.1) is 5.92 Å². The Balaban J connectivity index is 1.80. The number of aliphatic carboxylic acids is 2. The highest BCUT2D eigenvalue weighted by atomic mass is 16.4. The molecular formula is C17H20N2O4. The van der Waals surface area contributed by atoms with Crippen LogP contribution in [0.2, 0.25) is 0 Å². The molecule has 1 unspecified atom stereocenters. The molecule has 0 spiro atoms. The van der Waals surface area contributed by atoms with Crippen molar-refractivity contribution in [2.24, 2.45) is 5.92 Å². The molecule has 2 atom stereocenters. The van der Waals surface area contributed by atoms with Gasteiger partial charge in [0, 0.05) is 30.2 Å². The van der Waals surface area contributed by atoms with Crippen molar-refractivity contribution < 1.29 is 19.8 Å². The van der Waals surface area contributed by atoms with E-state index in [0.29, 0.717) is 19.4 Å². The number of likely N-dealkylation sites (tertiary alicyclic amines) is 1. The molecule has 0 bridgehead atoms. The molecule has 23 heavy (non-hydrogen) atoms. The van der Waals surface area contributed by atoms with Crippen LogP contribution in [-0.4, -0.2) is 44.6 Å². The van der Waals surface area contributed by atoms with Crippen LogP contribution in [0, 0.1) is 5.92 Å². The third kappa shape index (κ3) is 3.07. The Morgan fingerprint density at radius 1 is 1.39 bits per heavy atom. The summed E-state index contributed by atoms with van der Waals surface area (Å²) in [5.74, 6) is -2.01. The molecule has 6 heteroatoms. The van der Waals surface area contributed by atoms with E-state index in [2.05, 4.69) is 4.98 Å². The van der Waals surface area contributed by atoms with Gasteiger partial charge in [-0.25, -0.2) is 0 Å². The Morgan fingerprint density at radius 3 is 2.78 bits per heavy atom. The molecule has 0 amide bonds. The smallest absolute Gasteiger partial charge is 0.320 e. The lowest BCUT2D eigenvalue weighted by molar-refractivity contribution is -0.148. The molecule has 1 aliphatic rings. The number of carboxylic acid groups (broad SMARTS) is 2. The van der Waals surface area contributed by atoms with Crippen molar-refractivity contribution in [3.05, 3.63) is 35.5 Å². The number of carboxylic acids is 2. The van der Waals surface area contributed by atoms with Gasteiger partial charge in [-0.1, -0.05) is 13.0 Å².